The molecule has 1 fully saturated rings. The summed E-state index contributed by atoms with van der Waals surface area (Å²) in [4.78, 5) is 2.49. The molecule has 0 radical (unpaired) electrons. The summed E-state index contributed by atoms with van der Waals surface area (Å²) < 4.78 is 22.8. The maximum absolute atomic E-state index is 11.4. The van der Waals surface area contributed by atoms with Crippen LogP contribution >= 0.6 is 0 Å². The molecule has 1 aromatic rings. The minimum atomic E-state index is -3.13. The van der Waals surface area contributed by atoms with E-state index >= 15 is 0 Å². The highest BCUT2D eigenvalue weighted by Gasteiger charge is 2.20. The highest BCUT2D eigenvalue weighted by Crippen LogP contribution is 2.22. The van der Waals surface area contributed by atoms with Crippen LogP contribution in [-0.4, -0.2) is 33.8 Å². The van der Waals surface area contributed by atoms with Crippen LogP contribution in [0.5, 0.6) is 0 Å². The van der Waals surface area contributed by atoms with E-state index in [2.05, 4.69) is 4.90 Å². The van der Waals surface area contributed by atoms with Crippen LogP contribution in [0.25, 0.3) is 0 Å². The van der Waals surface area contributed by atoms with Gasteiger partial charge in [-0.25, -0.2) is 8.42 Å². The SMILES string of the molecule is CS(=O)(=O)c1cccc(N2CC[C@@H](N)C2)c1. The summed E-state index contributed by atoms with van der Waals surface area (Å²) in [5.74, 6) is 0. The van der Waals surface area contributed by atoms with E-state index in [9.17, 15) is 8.42 Å². The molecular weight excluding hydrogens is 224 g/mol. The maximum atomic E-state index is 11.4. The van der Waals surface area contributed by atoms with E-state index < -0.39 is 9.84 Å². The van der Waals surface area contributed by atoms with Crippen LogP contribution in [0.15, 0.2) is 29.2 Å². The Kier molecular flexibility index (Phi) is 2.90. The largest absolute Gasteiger partial charge is 0.370 e. The number of rotatable bonds is 2. The fraction of sp³-hybridized carbons (Fsp3) is 0.455. The van der Waals surface area contributed by atoms with Crippen molar-refractivity contribution in [1.82, 2.24) is 0 Å². The van der Waals surface area contributed by atoms with Crippen LogP contribution in [0.2, 0.25) is 0 Å². The van der Waals surface area contributed by atoms with Gasteiger partial charge >= 0.3 is 0 Å². The van der Waals surface area contributed by atoms with E-state index in [1.807, 2.05) is 6.07 Å². The number of hydrogen-bond donors (Lipinski definition) is 1. The van der Waals surface area contributed by atoms with Crippen LogP contribution in [0, 0.1) is 0 Å². The van der Waals surface area contributed by atoms with Gasteiger partial charge in [0.15, 0.2) is 9.84 Å². The number of benzene rings is 1. The average Bonchev–Trinajstić information content (AvgIpc) is 2.64. The van der Waals surface area contributed by atoms with E-state index in [1.54, 1.807) is 18.2 Å². The topological polar surface area (TPSA) is 63.4 Å². The van der Waals surface area contributed by atoms with E-state index in [-0.39, 0.29) is 6.04 Å². The van der Waals surface area contributed by atoms with Crippen LogP contribution in [0.3, 0.4) is 0 Å². The summed E-state index contributed by atoms with van der Waals surface area (Å²) in [7, 11) is -3.13. The van der Waals surface area contributed by atoms with Gasteiger partial charge in [-0.1, -0.05) is 6.07 Å². The molecule has 4 nitrogen and oxygen atoms in total. The van der Waals surface area contributed by atoms with Crippen LogP contribution in [0.1, 0.15) is 6.42 Å². The van der Waals surface area contributed by atoms with Gasteiger partial charge in [0.2, 0.25) is 0 Å². The lowest BCUT2D eigenvalue weighted by Crippen LogP contribution is -2.26. The van der Waals surface area contributed by atoms with E-state index in [1.165, 1.54) is 6.26 Å². The van der Waals surface area contributed by atoms with E-state index in [0.29, 0.717) is 4.90 Å². The Bertz CT molecular complexity index is 485. The van der Waals surface area contributed by atoms with Gasteiger partial charge in [-0.3, -0.25) is 0 Å². The van der Waals surface area contributed by atoms with Gasteiger partial charge in [-0.15, -0.1) is 0 Å². The first-order valence-corrected chi connectivity index (χ1v) is 7.16. The van der Waals surface area contributed by atoms with Crippen molar-refractivity contribution in [1.29, 1.82) is 0 Å². The Morgan fingerprint density at radius 3 is 2.75 bits per heavy atom. The Labute approximate surface area is 96.0 Å². The van der Waals surface area contributed by atoms with Gasteiger partial charge in [0.25, 0.3) is 0 Å². The first kappa shape index (κ1) is 11.4. The lowest BCUT2D eigenvalue weighted by atomic mass is 10.3. The van der Waals surface area contributed by atoms with E-state index in [4.69, 9.17) is 5.73 Å². The normalized spacial score (nSPS) is 21.4. The fourth-order valence-corrected chi connectivity index (χ4v) is 2.59. The summed E-state index contributed by atoms with van der Waals surface area (Å²) in [6.45, 7) is 1.70. The minimum absolute atomic E-state index is 0.196. The van der Waals surface area contributed by atoms with Crippen molar-refractivity contribution in [3.63, 3.8) is 0 Å². The molecule has 0 aromatic heterocycles. The molecule has 0 amide bonds. The number of sulfone groups is 1. The zero-order valence-corrected chi connectivity index (χ0v) is 10.1. The summed E-state index contributed by atoms with van der Waals surface area (Å²) in [6.07, 6.45) is 2.19. The second kappa shape index (κ2) is 4.07. The average molecular weight is 240 g/mol. The van der Waals surface area contributed by atoms with Crippen LogP contribution in [-0.2, 0) is 9.84 Å². The summed E-state index contributed by atoms with van der Waals surface area (Å²) in [5, 5.41) is 0. The molecule has 0 bridgehead atoms. The van der Waals surface area contributed by atoms with Gasteiger partial charge in [-0.05, 0) is 24.6 Å². The third-order valence-corrected chi connectivity index (χ3v) is 3.95. The third-order valence-electron chi connectivity index (χ3n) is 2.84. The standard InChI is InChI=1S/C11H16N2O2S/c1-16(14,15)11-4-2-3-10(7-11)13-6-5-9(12)8-13/h2-4,7,9H,5-6,8,12H2,1H3/t9-/m1/s1. The number of nitrogens with zero attached hydrogens (tertiary/aromatic N) is 1. The minimum Gasteiger partial charge on any atom is -0.370 e. The molecule has 1 aliphatic rings. The molecular formula is C11H16N2O2S. The molecule has 2 N–H and O–H groups in total. The molecule has 5 heteroatoms. The molecule has 1 atom stereocenters. The van der Waals surface area contributed by atoms with Gasteiger partial charge in [0, 0.05) is 31.1 Å². The predicted octanol–water partition coefficient (Wildman–Crippen LogP) is 0.628. The lowest BCUT2D eigenvalue weighted by molar-refractivity contribution is 0.602. The van der Waals surface area contributed by atoms with E-state index in [0.717, 1.165) is 25.2 Å². The smallest absolute Gasteiger partial charge is 0.175 e. The van der Waals surface area contributed by atoms with Crippen molar-refractivity contribution < 1.29 is 8.42 Å². The zero-order valence-electron chi connectivity index (χ0n) is 9.26. The molecule has 0 aliphatic carbocycles. The molecule has 0 saturated carbocycles. The van der Waals surface area contributed by atoms with Crippen molar-refractivity contribution in [2.24, 2.45) is 5.73 Å². The molecule has 16 heavy (non-hydrogen) atoms. The van der Waals surface area contributed by atoms with Gasteiger partial charge in [-0.2, -0.15) is 0 Å². The molecule has 1 aromatic carbocycles. The fourth-order valence-electron chi connectivity index (χ4n) is 1.93. The summed E-state index contributed by atoms with van der Waals surface area (Å²) in [5.41, 5.74) is 6.77. The molecule has 1 saturated heterocycles. The quantitative estimate of drug-likeness (QED) is 0.823. The second-order valence-electron chi connectivity index (χ2n) is 4.26. The Morgan fingerprint density at radius 1 is 1.44 bits per heavy atom. The first-order valence-electron chi connectivity index (χ1n) is 5.27. The molecule has 1 aliphatic heterocycles. The molecule has 0 unspecified atom stereocenters. The van der Waals surface area contributed by atoms with Crippen molar-refractivity contribution in [2.75, 3.05) is 24.2 Å². The van der Waals surface area contributed by atoms with Crippen molar-refractivity contribution in [3.8, 4) is 0 Å². The number of anilines is 1. The molecule has 1 heterocycles. The second-order valence-corrected chi connectivity index (χ2v) is 6.28. The highest BCUT2D eigenvalue weighted by molar-refractivity contribution is 7.90. The van der Waals surface area contributed by atoms with Crippen molar-refractivity contribution in [3.05, 3.63) is 24.3 Å². The lowest BCUT2D eigenvalue weighted by Gasteiger charge is -2.18. The Morgan fingerprint density at radius 2 is 2.19 bits per heavy atom. The Hall–Kier alpha value is -1.07. The summed E-state index contributed by atoms with van der Waals surface area (Å²) >= 11 is 0. The van der Waals surface area contributed by atoms with Crippen LogP contribution in [0.4, 0.5) is 5.69 Å². The third kappa shape index (κ3) is 2.36. The first-order chi connectivity index (χ1) is 7.47. The van der Waals surface area contributed by atoms with Crippen molar-refractivity contribution in [2.45, 2.75) is 17.4 Å². The van der Waals surface area contributed by atoms with Gasteiger partial charge in [0.1, 0.15) is 0 Å². The summed E-state index contributed by atoms with van der Waals surface area (Å²) in [6, 6.07) is 7.23. The monoisotopic (exact) mass is 240 g/mol. The number of hydrogen-bond acceptors (Lipinski definition) is 4. The van der Waals surface area contributed by atoms with Gasteiger partial charge in [0.05, 0.1) is 4.90 Å². The maximum Gasteiger partial charge on any atom is 0.175 e. The number of nitrogens with two attached hydrogens (primary N) is 1. The zero-order chi connectivity index (χ0) is 11.8. The molecule has 88 valence electrons. The highest BCUT2D eigenvalue weighted by atomic mass is 32.2. The van der Waals surface area contributed by atoms with Crippen LogP contribution < -0.4 is 10.6 Å². The van der Waals surface area contributed by atoms with Crippen molar-refractivity contribution >= 4 is 15.5 Å². The predicted molar refractivity (Wildman–Crippen MR) is 64.4 cm³/mol. The Balaban J connectivity index is 2.30. The molecule has 2 rings (SSSR count). The van der Waals surface area contributed by atoms with Gasteiger partial charge < -0.3 is 10.6 Å². The molecule has 0 spiro atoms.